The van der Waals surface area contributed by atoms with E-state index < -0.39 is 0 Å². The molecule has 0 saturated carbocycles. The van der Waals surface area contributed by atoms with E-state index >= 15 is 0 Å². The first-order valence-electron chi connectivity index (χ1n) is 6.62. The molecule has 1 N–H and O–H groups in total. The van der Waals surface area contributed by atoms with Crippen molar-refractivity contribution in [3.63, 3.8) is 0 Å². The van der Waals surface area contributed by atoms with E-state index in [0.29, 0.717) is 6.04 Å². The van der Waals surface area contributed by atoms with E-state index in [1.54, 1.807) is 0 Å². The van der Waals surface area contributed by atoms with Gasteiger partial charge in [-0.25, -0.2) is 9.97 Å². The molecule has 1 saturated heterocycles. The maximum atomic E-state index is 4.68. The van der Waals surface area contributed by atoms with Gasteiger partial charge in [-0.15, -0.1) is 0 Å². The van der Waals surface area contributed by atoms with Crippen LogP contribution in [0.2, 0.25) is 0 Å². The molecule has 0 amide bonds. The second-order valence-electron chi connectivity index (χ2n) is 5.21. The average Bonchev–Trinajstić information content (AvgIpc) is 3.06. The van der Waals surface area contributed by atoms with E-state index in [2.05, 4.69) is 39.2 Å². The number of likely N-dealkylation sites (N-methyl/N-ethyl adjacent to an activating group) is 1. The van der Waals surface area contributed by atoms with Crippen LogP contribution in [0.5, 0.6) is 0 Å². The van der Waals surface area contributed by atoms with Crippen LogP contribution in [0.25, 0.3) is 5.65 Å². The van der Waals surface area contributed by atoms with Crippen LogP contribution in [0.15, 0.2) is 18.6 Å². The molecule has 0 aliphatic carbocycles. The molecule has 1 unspecified atom stereocenters. The molecule has 1 atom stereocenters. The molecule has 6 nitrogen and oxygen atoms in total. The van der Waals surface area contributed by atoms with Crippen molar-refractivity contribution in [3.8, 4) is 0 Å². The molecule has 0 aromatic carbocycles. The maximum Gasteiger partial charge on any atom is 0.180 e. The van der Waals surface area contributed by atoms with Gasteiger partial charge >= 0.3 is 0 Å². The number of anilines is 2. The van der Waals surface area contributed by atoms with Gasteiger partial charge in [-0.1, -0.05) is 0 Å². The summed E-state index contributed by atoms with van der Waals surface area (Å²) in [5.74, 6) is 1.84. The predicted molar refractivity (Wildman–Crippen MR) is 76.8 cm³/mol. The Balaban J connectivity index is 1.98. The van der Waals surface area contributed by atoms with Gasteiger partial charge in [-0.3, -0.25) is 0 Å². The van der Waals surface area contributed by atoms with Crippen LogP contribution in [0.4, 0.5) is 11.6 Å². The molecular formula is C13H20N6. The second kappa shape index (κ2) is 4.70. The third-order valence-electron chi connectivity index (χ3n) is 3.81. The number of hydrogen-bond donors (Lipinski definition) is 1. The number of imidazole rings is 1. The molecule has 0 spiro atoms. The van der Waals surface area contributed by atoms with Gasteiger partial charge in [-0.2, -0.15) is 0 Å². The lowest BCUT2D eigenvalue weighted by Gasteiger charge is -2.21. The van der Waals surface area contributed by atoms with Gasteiger partial charge < -0.3 is 19.5 Å². The zero-order chi connectivity index (χ0) is 13.4. The summed E-state index contributed by atoms with van der Waals surface area (Å²) < 4.78 is 2.02. The molecule has 3 rings (SSSR count). The molecule has 2 aromatic rings. The number of nitrogens with one attached hydrogen (secondary N) is 1. The monoisotopic (exact) mass is 260 g/mol. The highest BCUT2D eigenvalue weighted by Crippen LogP contribution is 2.25. The first-order chi connectivity index (χ1) is 9.19. The SMILES string of the molecule is CNc1cn2ccnc2c(N2CCC(N(C)C)C2)n1. The lowest BCUT2D eigenvalue weighted by Crippen LogP contribution is -2.32. The Bertz CT molecular complexity index is 576. The fourth-order valence-electron chi connectivity index (χ4n) is 2.60. The van der Waals surface area contributed by atoms with Crippen LogP contribution >= 0.6 is 0 Å². The maximum absolute atomic E-state index is 4.68. The number of rotatable bonds is 3. The molecule has 6 heteroatoms. The van der Waals surface area contributed by atoms with E-state index in [4.69, 9.17) is 0 Å². The third-order valence-corrected chi connectivity index (χ3v) is 3.81. The van der Waals surface area contributed by atoms with Crippen molar-refractivity contribution in [2.45, 2.75) is 12.5 Å². The van der Waals surface area contributed by atoms with Crippen LogP contribution < -0.4 is 10.2 Å². The topological polar surface area (TPSA) is 48.7 Å². The van der Waals surface area contributed by atoms with Gasteiger partial charge in [0.05, 0.1) is 6.20 Å². The fraction of sp³-hybridized carbons (Fsp3) is 0.538. The largest absolute Gasteiger partial charge is 0.372 e. The van der Waals surface area contributed by atoms with Crippen LogP contribution in [0, 0.1) is 0 Å². The molecule has 19 heavy (non-hydrogen) atoms. The lowest BCUT2D eigenvalue weighted by atomic mass is 10.2. The highest BCUT2D eigenvalue weighted by atomic mass is 15.3. The van der Waals surface area contributed by atoms with Gasteiger partial charge in [0.15, 0.2) is 11.5 Å². The Labute approximate surface area is 113 Å². The van der Waals surface area contributed by atoms with Gasteiger partial charge in [-0.05, 0) is 20.5 Å². The van der Waals surface area contributed by atoms with Crippen molar-refractivity contribution >= 4 is 17.3 Å². The van der Waals surface area contributed by atoms with Gasteiger partial charge in [0, 0.05) is 38.6 Å². The average molecular weight is 260 g/mol. The van der Waals surface area contributed by atoms with Crippen molar-refractivity contribution < 1.29 is 0 Å². The predicted octanol–water partition coefficient (Wildman–Crippen LogP) is 0.911. The van der Waals surface area contributed by atoms with E-state index in [-0.39, 0.29) is 0 Å². The molecule has 1 fully saturated rings. The third kappa shape index (κ3) is 2.12. The van der Waals surface area contributed by atoms with Crippen LogP contribution in [0.1, 0.15) is 6.42 Å². The molecular weight excluding hydrogens is 240 g/mol. The normalized spacial score (nSPS) is 19.6. The van der Waals surface area contributed by atoms with Crippen LogP contribution in [-0.2, 0) is 0 Å². The van der Waals surface area contributed by atoms with Crippen molar-refractivity contribution in [2.75, 3.05) is 44.4 Å². The Hall–Kier alpha value is -1.82. The smallest absolute Gasteiger partial charge is 0.180 e. The van der Waals surface area contributed by atoms with Gasteiger partial charge in [0.2, 0.25) is 0 Å². The zero-order valence-corrected chi connectivity index (χ0v) is 11.7. The summed E-state index contributed by atoms with van der Waals surface area (Å²) in [6, 6.07) is 0.593. The lowest BCUT2D eigenvalue weighted by molar-refractivity contribution is 0.315. The van der Waals surface area contributed by atoms with Gasteiger partial charge in [0.1, 0.15) is 5.82 Å². The number of hydrogen-bond acceptors (Lipinski definition) is 5. The van der Waals surface area contributed by atoms with Gasteiger partial charge in [0.25, 0.3) is 0 Å². The number of fused-ring (bicyclic) bond motifs is 1. The Kier molecular flexibility index (Phi) is 3.02. The second-order valence-corrected chi connectivity index (χ2v) is 5.21. The standard InChI is InChI=1S/C13H20N6/c1-14-11-9-19-7-5-15-12(19)13(16-11)18-6-4-10(8-18)17(2)3/h5,7,9-10,14H,4,6,8H2,1-3H3. The highest BCUT2D eigenvalue weighted by Gasteiger charge is 2.26. The minimum atomic E-state index is 0.593. The Morgan fingerprint density at radius 1 is 1.42 bits per heavy atom. The minimum absolute atomic E-state index is 0.593. The Morgan fingerprint density at radius 3 is 2.95 bits per heavy atom. The summed E-state index contributed by atoms with van der Waals surface area (Å²) in [7, 11) is 6.16. The number of nitrogens with zero attached hydrogens (tertiary/aromatic N) is 5. The molecule has 0 bridgehead atoms. The van der Waals surface area contributed by atoms with Crippen molar-refractivity contribution in [2.24, 2.45) is 0 Å². The summed E-state index contributed by atoms with van der Waals surface area (Å²) >= 11 is 0. The first-order valence-corrected chi connectivity index (χ1v) is 6.62. The zero-order valence-electron chi connectivity index (χ0n) is 11.7. The summed E-state index contributed by atoms with van der Waals surface area (Å²) in [5, 5.41) is 3.11. The first kappa shape index (κ1) is 12.2. The summed E-state index contributed by atoms with van der Waals surface area (Å²) in [6.07, 6.45) is 6.91. The summed E-state index contributed by atoms with van der Waals surface area (Å²) in [6.45, 7) is 2.04. The van der Waals surface area contributed by atoms with Crippen molar-refractivity contribution in [1.29, 1.82) is 0 Å². The highest BCUT2D eigenvalue weighted by molar-refractivity contribution is 5.67. The minimum Gasteiger partial charge on any atom is -0.372 e. The summed E-state index contributed by atoms with van der Waals surface area (Å²) in [4.78, 5) is 13.7. The molecule has 3 heterocycles. The molecule has 1 aliphatic heterocycles. The van der Waals surface area contributed by atoms with E-state index in [1.807, 2.05) is 30.0 Å². The fourth-order valence-corrected chi connectivity index (χ4v) is 2.60. The van der Waals surface area contributed by atoms with Crippen molar-refractivity contribution in [3.05, 3.63) is 18.6 Å². The van der Waals surface area contributed by atoms with E-state index in [0.717, 1.165) is 30.4 Å². The molecule has 102 valence electrons. The summed E-state index contributed by atoms with van der Waals surface area (Å²) in [5.41, 5.74) is 0.929. The van der Waals surface area contributed by atoms with E-state index in [9.17, 15) is 0 Å². The molecule has 2 aromatic heterocycles. The van der Waals surface area contributed by atoms with Crippen molar-refractivity contribution in [1.82, 2.24) is 19.3 Å². The van der Waals surface area contributed by atoms with Crippen LogP contribution in [0.3, 0.4) is 0 Å². The molecule has 0 radical (unpaired) electrons. The molecule has 1 aliphatic rings. The number of aromatic nitrogens is 3. The van der Waals surface area contributed by atoms with Crippen LogP contribution in [-0.4, -0.2) is 59.5 Å². The quantitative estimate of drug-likeness (QED) is 0.889. The Morgan fingerprint density at radius 2 is 2.26 bits per heavy atom. The van der Waals surface area contributed by atoms with E-state index in [1.165, 1.54) is 6.42 Å².